The number of ether oxygens (including phenoxy) is 1. The average molecular weight is 281 g/mol. The zero-order chi connectivity index (χ0) is 14.5. The number of amides is 1. The van der Waals surface area contributed by atoms with Crippen molar-refractivity contribution in [1.82, 2.24) is 4.90 Å². The number of nitrogens with one attached hydrogen (secondary N) is 1. The van der Waals surface area contributed by atoms with Crippen molar-refractivity contribution in [1.29, 1.82) is 0 Å². The van der Waals surface area contributed by atoms with Crippen LogP contribution in [-0.2, 0) is 9.53 Å². The first-order valence-electron chi connectivity index (χ1n) is 6.73. The Labute approximate surface area is 117 Å². The Morgan fingerprint density at radius 1 is 1.60 bits per heavy atom. The SMILES string of the molecule is CC1CN(CC(=O)Nc2cc(N)ccc2F)CCCO1. The van der Waals surface area contributed by atoms with Gasteiger partial charge in [0.15, 0.2) is 0 Å². The quantitative estimate of drug-likeness (QED) is 0.823. The largest absolute Gasteiger partial charge is 0.399 e. The van der Waals surface area contributed by atoms with Gasteiger partial charge < -0.3 is 15.8 Å². The first-order valence-corrected chi connectivity index (χ1v) is 6.73. The molecule has 1 aromatic carbocycles. The summed E-state index contributed by atoms with van der Waals surface area (Å²) in [5.41, 5.74) is 6.12. The molecule has 1 heterocycles. The highest BCUT2D eigenvalue weighted by Gasteiger charge is 2.18. The predicted molar refractivity (Wildman–Crippen MR) is 75.9 cm³/mol. The second-order valence-electron chi connectivity index (χ2n) is 5.06. The van der Waals surface area contributed by atoms with E-state index < -0.39 is 5.82 Å². The molecule has 1 amide bonds. The van der Waals surface area contributed by atoms with Crippen molar-refractivity contribution >= 4 is 17.3 Å². The molecule has 3 N–H and O–H groups in total. The summed E-state index contributed by atoms with van der Waals surface area (Å²) in [6.45, 7) is 4.42. The molecule has 1 aliphatic rings. The third-order valence-electron chi connectivity index (χ3n) is 3.17. The third kappa shape index (κ3) is 4.18. The Kier molecular flexibility index (Phi) is 4.92. The van der Waals surface area contributed by atoms with E-state index in [0.717, 1.165) is 13.0 Å². The molecule has 0 spiro atoms. The zero-order valence-corrected chi connectivity index (χ0v) is 11.6. The fourth-order valence-corrected chi connectivity index (χ4v) is 2.26. The molecule has 1 aliphatic heterocycles. The van der Waals surface area contributed by atoms with Gasteiger partial charge in [0.2, 0.25) is 5.91 Å². The topological polar surface area (TPSA) is 67.6 Å². The maximum atomic E-state index is 13.5. The van der Waals surface area contributed by atoms with Gasteiger partial charge in [-0.2, -0.15) is 0 Å². The van der Waals surface area contributed by atoms with Crippen molar-refractivity contribution in [2.75, 3.05) is 37.3 Å². The van der Waals surface area contributed by atoms with Crippen molar-refractivity contribution in [3.63, 3.8) is 0 Å². The molecule has 1 atom stereocenters. The monoisotopic (exact) mass is 281 g/mol. The molecular formula is C14H20FN3O2. The minimum absolute atomic E-state index is 0.106. The number of carbonyl (C=O) groups excluding carboxylic acids is 1. The average Bonchev–Trinajstić information content (AvgIpc) is 2.58. The van der Waals surface area contributed by atoms with Gasteiger partial charge in [0, 0.05) is 25.4 Å². The summed E-state index contributed by atoms with van der Waals surface area (Å²) in [5.74, 6) is -0.733. The van der Waals surface area contributed by atoms with Gasteiger partial charge >= 0.3 is 0 Å². The van der Waals surface area contributed by atoms with Crippen LogP contribution >= 0.6 is 0 Å². The van der Waals surface area contributed by atoms with E-state index in [9.17, 15) is 9.18 Å². The molecule has 0 aromatic heterocycles. The van der Waals surface area contributed by atoms with Crippen molar-refractivity contribution in [2.45, 2.75) is 19.4 Å². The minimum Gasteiger partial charge on any atom is -0.399 e. The number of nitrogens with zero attached hydrogens (tertiary/aromatic N) is 1. The summed E-state index contributed by atoms with van der Waals surface area (Å²) in [6, 6.07) is 4.12. The number of nitrogens with two attached hydrogens (primary N) is 1. The van der Waals surface area contributed by atoms with Crippen LogP contribution < -0.4 is 11.1 Å². The van der Waals surface area contributed by atoms with Gasteiger partial charge in [-0.3, -0.25) is 9.69 Å². The van der Waals surface area contributed by atoms with E-state index in [1.54, 1.807) is 0 Å². The van der Waals surface area contributed by atoms with Crippen LogP contribution in [0.2, 0.25) is 0 Å². The smallest absolute Gasteiger partial charge is 0.238 e. The lowest BCUT2D eigenvalue weighted by Gasteiger charge is -2.21. The maximum absolute atomic E-state index is 13.5. The molecule has 1 aromatic rings. The molecule has 1 unspecified atom stereocenters. The lowest BCUT2D eigenvalue weighted by atomic mass is 10.2. The second-order valence-corrected chi connectivity index (χ2v) is 5.06. The summed E-state index contributed by atoms with van der Waals surface area (Å²) in [5, 5.41) is 2.56. The van der Waals surface area contributed by atoms with Gasteiger partial charge in [-0.15, -0.1) is 0 Å². The normalized spacial score (nSPS) is 20.4. The van der Waals surface area contributed by atoms with E-state index in [-0.39, 0.29) is 24.2 Å². The molecule has 1 saturated heterocycles. The number of anilines is 2. The van der Waals surface area contributed by atoms with Crippen LogP contribution in [-0.4, -0.2) is 43.2 Å². The molecule has 0 radical (unpaired) electrons. The molecule has 20 heavy (non-hydrogen) atoms. The fourth-order valence-electron chi connectivity index (χ4n) is 2.26. The van der Waals surface area contributed by atoms with Crippen molar-refractivity contribution in [3.05, 3.63) is 24.0 Å². The van der Waals surface area contributed by atoms with Crippen LogP contribution in [0.5, 0.6) is 0 Å². The summed E-state index contributed by atoms with van der Waals surface area (Å²) in [6.07, 6.45) is 0.999. The van der Waals surface area contributed by atoms with Gasteiger partial charge in [-0.1, -0.05) is 0 Å². The van der Waals surface area contributed by atoms with E-state index in [1.165, 1.54) is 18.2 Å². The number of nitrogen functional groups attached to an aromatic ring is 1. The van der Waals surface area contributed by atoms with Gasteiger partial charge in [0.25, 0.3) is 0 Å². The predicted octanol–water partition coefficient (Wildman–Crippen LogP) is 1.46. The first kappa shape index (κ1) is 14.7. The van der Waals surface area contributed by atoms with Crippen molar-refractivity contribution in [3.8, 4) is 0 Å². The van der Waals surface area contributed by atoms with Gasteiger partial charge in [0.1, 0.15) is 5.82 Å². The molecule has 1 fully saturated rings. The number of halogens is 1. The molecule has 0 aliphatic carbocycles. The number of hydrogen-bond donors (Lipinski definition) is 2. The fraction of sp³-hybridized carbons (Fsp3) is 0.500. The number of carbonyl (C=O) groups is 1. The first-order chi connectivity index (χ1) is 9.54. The van der Waals surface area contributed by atoms with Crippen LogP contribution in [0.3, 0.4) is 0 Å². The Morgan fingerprint density at radius 3 is 3.20 bits per heavy atom. The molecule has 110 valence electrons. The Balaban J connectivity index is 1.93. The Morgan fingerprint density at radius 2 is 2.40 bits per heavy atom. The third-order valence-corrected chi connectivity index (χ3v) is 3.17. The Hall–Kier alpha value is -1.66. The number of rotatable bonds is 3. The van der Waals surface area contributed by atoms with Crippen LogP contribution in [0, 0.1) is 5.82 Å². The zero-order valence-electron chi connectivity index (χ0n) is 11.6. The van der Waals surface area contributed by atoms with E-state index in [4.69, 9.17) is 10.5 Å². The summed E-state index contributed by atoms with van der Waals surface area (Å²) >= 11 is 0. The van der Waals surface area contributed by atoms with Crippen molar-refractivity contribution in [2.24, 2.45) is 0 Å². The number of hydrogen-bond acceptors (Lipinski definition) is 4. The summed E-state index contributed by atoms with van der Waals surface area (Å²) in [7, 11) is 0. The minimum atomic E-state index is -0.486. The lowest BCUT2D eigenvalue weighted by Crippen LogP contribution is -2.37. The van der Waals surface area contributed by atoms with Crippen LogP contribution in [0.1, 0.15) is 13.3 Å². The van der Waals surface area contributed by atoms with E-state index in [0.29, 0.717) is 18.8 Å². The van der Waals surface area contributed by atoms with E-state index >= 15 is 0 Å². The number of benzene rings is 1. The molecule has 6 heteroatoms. The van der Waals surface area contributed by atoms with Gasteiger partial charge in [-0.25, -0.2) is 4.39 Å². The highest BCUT2D eigenvalue weighted by molar-refractivity contribution is 5.92. The standard InChI is InChI=1S/C14H20FN3O2/c1-10-8-18(5-2-6-20-10)9-14(19)17-13-7-11(16)3-4-12(13)15/h3-4,7,10H,2,5-6,8-9,16H2,1H3,(H,17,19). The molecule has 5 nitrogen and oxygen atoms in total. The van der Waals surface area contributed by atoms with Crippen molar-refractivity contribution < 1.29 is 13.9 Å². The van der Waals surface area contributed by atoms with E-state index in [2.05, 4.69) is 5.32 Å². The molecular weight excluding hydrogens is 261 g/mol. The van der Waals surface area contributed by atoms with Gasteiger partial charge in [0.05, 0.1) is 18.3 Å². The van der Waals surface area contributed by atoms with Gasteiger partial charge in [-0.05, 0) is 31.5 Å². The Bertz CT molecular complexity index is 481. The highest BCUT2D eigenvalue weighted by atomic mass is 19.1. The molecule has 2 rings (SSSR count). The highest BCUT2D eigenvalue weighted by Crippen LogP contribution is 2.17. The second kappa shape index (κ2) is 6.67. The van der Waals surface area contributed by atoms with E-state index in [1.807, 2.05) is 11.8 Å². The molecule has 0 saturated carbocycles. The summed E-state index contributed by atoms with van der Waals surface area (Å²) in [4.78, 5) is 14.0. The maximum Gasteiger partial charge on any atom is 0.238 e. The van der Waals surface area contributed by atoms with Crippen LogP contribution in [0.15, 0.2) is 18.2 Å². The molecule has 0 bridgehead atoms. The summed E-state index contributed by atoms with van der Waals surface area (Å²) < 4.78 is 19.0. The van der Waals surface area contributed by atoms with Crippen LogP contribution in [0.4, 0.5) is 15.8 Å². The van der Waals surface area contributed by atoms with Crippen LogP contribution in [0.25, 0.3) is 0 Å². The lowest BCUT2D eigenvalue weighted by molar-refractivity contribution is -0.117.